The topological polar surface area (TPSA) is 159 Å². The van der Waals surface area contributed by atoms with E-state index in [4.69, 9.17) is 5.73 Å². The van der Waals surface area contributed by atoms with Crippen molar-refractivity contribution in [2.75, 3.05) is 19.6 Å². The zero-order valence-corrected chi connectivity index (χ0v) is 28.8. The molecule has 0 saturated heterocycles. The summed E-state index contributed by atoms with van der Waals surface area (Å²) in [5.41, 5.74) is 6.70. The molecule has 4 aromatic rings. The Hall–Kier alpha value is -5.42. The number of benzene rings is 4. The van der Waals surface area contributed by atoms with Crippen molar-refractivity contribution in [3.63, 3.8) is 0 Å². The minimum atomic E-state index is -0.817. The molecule has 0 spiro atoms. The van der Waals surface area contributed by atoms with Gasteiger partial charge in [0, 0.05) is 18.5 Å². The summed E-state index contributed by atoms with van der Waals surface area (Å²) in [6.45, 7) is 5.09. The molecule has 0 saturated carbocycles. The van der Waals surface area contributed by atoms with Crippen molar-refractivity contribution in [3.8, 4) is 0 Å². The molecule has 256 valence electrons. The number of hydrogen-bond acceptors (Lipinski definition) is 5. The van der Waals surface area contributed by atoms with Gasteiger partial charge in [-0.25, -0.2) is 0 Å². The lowest BCUT2D eigenvalue weighted by Gasteiger charge is -2.21. The lowest BCUT2D eigenvalue weighted by atomic mass is 10.0. The third kappa shape index (κ3) is 13.3. The molecule has 5 amide bonds. The minimum absolute atomic E-state index is 0.0165. The zero-order valence-electron chi connectivity index (χ0n) is 28.0. The lowest BCUT2D eigenvalue weighted by molar-refractivity contribution is -0.127. The minimum Gasteiger partial charge on any atom is -0.368 e. The van der Waals surface area contributed by atoms with Crippen molar-refractivity contribution in [2.45, 2.75) is 47.9 Å². The summed E-state index contributed by atoms with van der Waals surface area (Å²) in [4.78, 5) is 63.6. The van der Waals surface area contributed by atoms with Crippen LogP contribution >= 0.6 is 0 Å². The largest absolute Gasteiger partial charge is 0.368 e. The summed E-state index contributed by atoms with van der Waals surface area (Å²) in [7, 11) is -0.346. The summed E-state index contributed by atoms with van der Waals surface area (Å²) in [6, 6.07) is 37.2. The van der Waals surface area contributed by atoms with Gasteiger partial charge in [-0.3, -0.25) is 24.0 Å². The summed E-state index contributed by atoms with van der Waals surface area (Å²) < 4.78 is 0. The summed E-state index contributed by atoms with van der Waals surface area (Å²) in [5.74, 6) is -2.72. The van der Waals surface area contributed by atoms with Crippen LogP contribution in [0, 0.1) is 12.8 Å². The average molecular weight is 683 g/mol. The Bertz CT molecular complexity index is 1610. The van der Waals surface area contributed by atoms with Gasteiger partial charge in [-0.2, -0.15) is 0 Å². The number of nitrogens with two attached hydrogens (primary N) is 1. The smallest absolute Gasteiger partial charge is 0.251 e. The second-order valence-electron chi connectivity index (χ2n) is 11.4. The van der Waals surface area contributed by atoms with Crippen LogP contribution in [-0.2, 0) is 30.1 Å². The van der Waals surface area contributed by atoms with Crippen LogP contribution in [0.1, 0.15) is 36.2 Å². The van der Waals surface area contributed by atoms with Crippen LogP contribution in [0.5, 0.6) is 0 Å². The fourth-order valence-corrected chi connectivity index (χ4v) is 6.57. The summed E-state index contributed by atoms with van der Waals surface area (Å²) >= 11 is 0. The van der Waals surface area contributed by atoms with Crippen molar-refractivity contribution < 1.29 is 24.0 Å². The molecule has 10 nitrogen and oxygen atoms in total. The van der Waals surface area contributed by atoms with Gasteiger partial charge in [0.25, 0.3) is 5.91 Å². The zero-order chi connectivity index (χ0) is 35.6. The van der Waals surface area contributed by atoms with E-state index in [1.54, 1.807) is 12.1 Å². The molecule has 1 atom stereocenters. The second-order valence-corrected chi connectivity index (χ2v) is 13.4. The average Bonchev–Trinajstić information content (AvgIpc) is 3.10. The van der Waals surface area contributed by atoms with E-state index in [1.165, 1.54) is 5.56 Å². The van der Waals surface area contributed by atoms with Gasteiger partial charge in [-0.15, -0.1) is 0 Å². The first-order valence-electron chi connectivity index (χ1n) is 15.9. The summed E-state index contributed by atoms with van der Waals surface area (Å²) in [5, 5.41) is 10.1. The van der Waals surface area contributed by atoms with Crippen molar-refractivity contribution in [1.29, 1.82) is 0 Å². The van der Waals surface area contributed by atoms with E-state index in [0.29, 0.717) is 5.56 Å². The normalized spacial score (nSPS) is 11.0. The molecule has 4 aromatic carbocycles. The molecule has 1 unspecified atom stereocenters. The van der Waals surface area contributed by atoms with E-state index in [9.17, 15) is 24.0 Å². The molecule has 0 aliphatic carbocycles. The Morgan fingerprint density at radius 2 is 1.12 bits per heavy atom. The highest BCUT2D eigenvalue weighted by molar-refractivity contribution is 7.97. The first-order chi connectivity index (χ1) is 23.5. The van der Waals surface area contributed by atoms with Crippen molar-refractivity contribution >= 4 is 40.4 Å². The number of rotatable bonds is 14. The van der Waals surface area contributed by atoms with Crippen molar-refractivity contribution in [2.24, 2.45) is 11.7 Å². The maximum absolute atomic E-state index is 13.1. The Labute approximate surface area is 290 Å². The maximum Gasteiger partial charge on any atom is 0.251 e. The molecule has 0 heterocycles. The Kier molecular flexibility index (Phi) is 15.6. The number of nitrogens with one attached hydrogen (secondary N) is 4. The quantitative estimate of drug-likeness (QED) is 0.128. The Morgan fingerprint density at radius 1 is 0.633 bits per heavy atom. The third-order valence-corrected chi connectivity index (χ3v) is 9.27. The Morgan fingerprint density at radius 3 is 1.59 bits per heavy atom. The fraction of sp³-hybridized carbons (Fsp3) is 0.237. The second kappa shape index (κ2) is 20.1. The first-order valence-corrected chi connectivity index (χ1v) is 17.1. The molecule has 0 bridgehead atoms. The van der Waals surface area contributed by atoms with E-state index in [1.807, 2.05) is 80.6 Å². The Balaban J connectivity index is 0.000000823. The van der Waals surface area contributed by atoms with E-state index in [0.717, 1.165) is 14.7 Å². The molecule has 0 aromatic heterocycles. The van der Waals surface area contributed by atoms with Gasteiger partial charge in [0.1, 0.15) is 6.04 Å². The van der Waals surface area contributed by atoms with Crippen LogP contribution in [0.2, 0.25) is 0 Å². The molecule has 0 aliphatic heterocycles. The highest BCUT2D eigenvalue weighted by Crippen LogP contribution is 2.31. The number of hydrogen-bond donors (Lipinski definition) is 5. The van der Waals surface area contributed by atoms with Crippen LogP contribution in [0.3, 0.4) is 0 Å². The van der Waals surface area contributed by atoms with Crippen molar-refractivity contribution in [1.82, 2.24) is 21.3 Å². The van der Waals surface area contributed by atoms with Gasteiger partial charge < -0.3 is 27.0 Å². The summed E-state index contributed by atoms with van der Waals surface area (Å²) in [6.07, 6.45) is -0.0696. The van der Waals surface area contributed by atoms with Crippen molar-refractivity contribution in [3.05, 3.63) is 126 Å². The molecule has 0 aliphatic rings. The number of primary amides is 1. The molecule has 0 fully saturated rings. The monoisotopic (exact) mass is 682 g/mol. The van der Waals surface area contributed by atoms with Gasteiger partial charge in [0.2, 0.25) is 23.6 Å². The molecule has 6 N–H and O–H groups in total. The molecule has 11 heteroatoms. The molecule has 4 rings (SSSR count). The maximum atomic E-state index is 13.1. The van der Waals surface area contributed by atoms with Gasteiger partial charge in [0.05, 0.1) is 24.0 Å². The lowest BCUT2D eigenvalue weighted by Crippen LogP contribution is -2.50. The first kappa shape index (κ1) is 38.0. The number of aryl methyl sites for hydroxylation is 1. The molecular formula is C38H44N5O5S+. The van der Waals surface area contributed by atoms with Crippen LogP contribution in [0.25, 0.3) is 0 Å². The SMILES string of the molecule is CC(C)C(NC(=O)c1ccc([S+](c2ccccc2)c2ccccc2)cc1)C(=O)NCCC(=O)NCC(=O)NCC(N)=O.Cc1ccccc1. The number of carbonyl (C=O) groups excluding carboxylic acids is 5. The van der Waals surface area contributed by atoms with E-state index >= 15 is 0 Å². The third-order valence-electron chi connectivity index (χ3n) is 7.04. The molecule has 49 heavy (non-hydrogen) atoms. The van der Waals surface area contributed by atoms with Crippen LogP contribution in [0.15, 0.2) is 130 Å². The highest BCUT2D eigenvalue weighted by Gasteiger charge is 2.29. The fourth-order valence-electron chi connectivity index (χ4n) is 4.48. The van der Waals surface area contributed by atoms with E-state index < -0.39 is 29.7 Å². The standard InChI is InChI=1S/C31H35N5O5S.C7H8/c1-21(2)29(31(41)33-18-17-27(38)35-20-28(39)34-19-26(32)37)36-30(40)22-13-15-25(16-14-22)42(23-9-5-3-6-10-23)24-11-7-4-8-12-24;1-7-5-3-2-4-6-7/h3-16,21,29H,17-20H2,1-2H3,(H5-,32,33,34,35,36,37,38,39,40,41);2-6H,1H3/p+1. The van der Waals surface area contributed by atoms with E-state index in [-0.39, 0.29) is 48.8 Å². The van der Waals surface area contributed by atoms with E-state index in [2.05, 4.69) is 64.6 Å². The number of carbonyl (C=O) groups is 5. The molecule has 0 radical (unpaired) electrons. The highest BCUT2D eigenvalue weighted by atomic mass is 32.2. The predicted octanol–water partition coefficient (Wildman–Crippen LogP) is 3.76. The van der Waals surface area contributed by atoms with Gasteiger partial charge in [0.15, 0.2) is 14.7 Å². The van der Waals surface area contributed by atoms with Gasteiger partial charge in [-0.1, -0.05) is 86.1 Å². The number of amides is 5. The van der Waals surface area contributed by atoms with Crippen LogP contribution in [0.4, 0.5) is 0 Å². The van der Waals surface area contributed by atoms with Crippen LogP contribution in [-0.4, -0.2) is 55.2 Å². The molecular weight excluding hydrogens is 639 g/mol. The van der Waals surface area contributed by atoms with Crippen LogP contribution < -0.4 is 27.0 Å². The van der Waals surface area contributed by atoms with Gasteiger partial charge >= 0.3 is 0 Å². The predicted molar refractivity (Wildman–Crippen MR) is 192 cm³/mol. The van der Waals surface area contributed by atoms with Gasteiger partial charge in [-0.05, 0) is 61.4 Å².